The summed E-state index contributed by atoms with van der Waals surface area (Å²) >= 11 is 0. The van der Waals surface area contributed by atoms with Crippen LogP contribution >= 0.6 is 0 Å². The van der Waals surface area contributed by atoms with Crippen molar-refractivity contribution in [3.8, 4) is 0 Å². The third kappa shape index (κ3) is 51.7. The van der Waals surface area contributed by atoms with E-state index in [0.717, 1.165) is 70.6 Å². The van der Waals surface area contributed by atoms with Gasteiger partial charge in [-0.2, -0.15) is 0 Å². The van der Waals surface area contributed by atoms with Crippen LogP contribution in [-0.2, 0) is 28.6 Å². The summed E-state index contributed by atoms with van der Waals surface area (Å²) in [5, 5.41) is 0. The lowest BCUT2D eigenvalue weighted by molar-refractivity contribution is -0.167. The molecule has 0 aliphatic rings. The van der Waals surface area contributed by atoms with Crippen molar-refractivity contribution >= 4 is 17.9 Å². The summed E-state index contributed by atoms with van der Waals surface area (Å²) in [6.45, 7) is 6.47. The Labute approximate surface area is 402 Å². The molecular weight excluding hydrogens is 805 g/mol. The highest BCUT2D eigenvalue weighted by atomic mass is 16.6. The minimum absolute atomic E-state index is 0.0941. The predicted molar refractivity (Wildman–Crippen MR) is 279 cm³/mol. The lowest BCUT2D eigenvalue weighted by atomic mass is 10.0. The van der Waals surface area contributed by atoms with Crippen molar-refractivity contribution in [3.63, 3.8) is 0 Å². The topological polar surface area (TPSA) is 78.9 Å². The quantitative estimate of drug-likeness (QED) is 0.0199. The lowest BCUT2D eigenvalue weighted by Crippen LogP contribution is -2.30. The van der Waals surface area contributed by atoms with Gasteiger partial charge < -0.3 is 14.2 Å². The number of allylic oxidation sites excluding steroid dienone is 12. The van der Waals surface area contributed by atoms with Crippen molar-refractivity contribution in [1.82, 2.24) is 0 Å². The molecule has 0 saturated carbocycles. The molecule has 374 valence electrons. The van der Waals surface area contributed by atoms with Gasteiger partial charge in [-0.3, -0.25) is 14.4 Å². The van der Waals surface area contributed by atoms with Gasteiger partial charge in [-0.25, -0.2) is 0 Å². The van der Waals surface area contributed by atoms with Crippen molar-refractivity contribution in [2.45, 2.75) is 271 Å². The maximum atomic E-state index is 12.8. The van der Waals surface area contributed by atoms with E-state index in [1.807, 2.05) is 0 Å². The number of ether oxygens (including phenoxy) is 3. The molecule has 0 heterocycles. The molecule has 0 fully saturated rings. The number of rotatable bonds is 49. The number of unbranched alkanes of at least 4 members (excludes halogenated alkanes) is 28. The molecule has 0 rings (SSSR count). The third-order valence-electron chi connectivity index (χ3n) is 11.8. The zero-order valence-corrected chi connectivity index (χ0v) is 42.7. The number of carbonyl (C=O) groups excluding carboxylic acids is 3. The Kier molecular flexibility index (Phi) is 50.9. The Morgan fingerprint density at radius 3 is 1.12 bits per heavy atom. The molecule has 0 aliphatic heterocycles. The van der Waals surface area contributed by atoms with Crippen LogP contribution in [-0.4, -0.2) is 37.2 Å². The van der Waals surface area contributed by atoms with Crippen LogP contribution in [0.1, 0.15) is 265 Å². The summed E-state index contributed by atoms with van der Waals surface area (Å²) in [5.74, 6) is -0.954. The van der Waals surface area contributed by atoms with E-state index in [1.165, 1.54) is 148 Å². The fourth-order valence-corrected chi connectivity index (χ4v) is 7.64. The second-order valence-corrected chi connectivity index (χ2v) is 18.2. The fraction of sp³-hybridized carbons (Fsp3) is 0.746. The maximum absolute atomic E-state index is 12.8. The summed E-state index contributed by atoms with van der Waals surface area (Å²) in [5.41, 5.74) is 0. The number of carbonyl (C=O) groups is 3. The van der Waals surface area contributed by atoms with Crippen molar-refractivity contribution in [2.75, 3.05) is 13.2 Å². The van der Waals surface area contributed by atoms with Gasteiger partial charge in [-0.05, 0) is 70.6 Å². The molecule has 0 amide bonds. The Morgan fingerprint density at radius 1 is 0.338 bits per heavy atom. The highest BCUT2D eigenvalue weighted by Crippen LogP contribution is 2.15. The normalized spacial score (nSPS) is 12.6. The van der Waals surface area contributed by atoms with Crippen LogP contribution in [0.3, 0.4) is 0 Å². The summed E-state index contributed by atoms with van der Waals surface area (Å²) in [4.78, 5) is 38.1. The van der Waals surface area contributed by atoms with E-state index in [0.29, 0.717) is 19.3 Å². The average molecular weight is 907 g/mol. The first kappa shape index (κ1) is 61.9. The molecule has 1 atom stereocenters. The summed E-state index contributed by atoms with van der Waals surface area (Å²) in [6.07, 6.45) is 67.5. The lowest BCUT2D eigenvalue weighted by Gasteiger charge is -2.18. The van der Waals surface area contributed by atoms with Gasteiger partial charge in [0.2, 0.25) is 0 Å². The van der Waals surface area contributed by atoms with Crippen LogP contribution < -0.4 is 0 Å². The molecule has 0 aromatic rings. The van der Waals surface area contributed by atoms with E-state index in [2.05, 4.69) is 93.7 Å². The Bertz CT molecular complexity index is 1230. The molecule has 0 N–H and O–H groups in total. The minimum atomic E-state index is -0.800. The summed E-state index contributed by atoms with van der Waals surface area (Å²) < 4.78 is 16.8. The van der Waals surface area contributed by atoms with Crippen LogP contribution in [0.15, 0.2) is 72.9 Å². The first-order valence-corrected chi connectivity index (χ1v) is 27.5. The van der Waals surface area contributed by atoms with E-state index in [1.54, 1.807) is 0 Å². The van der Waals surface area contributed by atoms with Crippen molar-refractivity contribution in [3.05, 3.63) is 72.9 Å². The molecule has 0 aliphatic carbocycles. The molecule has 0 aromatic heterocycles. The Hall–Kier alpha value is -3.15. The molecule has 0 spiro atoms. The van der Waals surface area contributed by atoms with Crippen LogP contribution in [0.4, 0.5) is 0 Å². The molecule has 0 aromatic carbocycles. The minimum Gasteiger partial charge on any atom is -0.462 e. The highest BCUT2D eigenvalue weighted by molar-refractivity contribution is 5.71. The van der Waals surface area contributed by atoms with Gasteiger partial charge in [0, 0.05) is 19.3 Å². The van der Waals surface area contributed by atoms with Gasteiger partial charge >= 0.3 is 17.9 Å². The molecule has 65 heavy (non-hydrogen) atoms. The molecular formula is C59H102O6. The van der Waals surface area contributed by atoms with Crippen LogP contribution in [0.25, 0.3) is 0 Å². The largest absolute Gasteiger partial charge is 0.462 e. The van der Waals surface area contributed by atoms with Gasteiger partial charge in [0.25, 0.3) is 0 Å². The van der Waals surface area contributed by atoms with Crippen molar-refractivity contribution in [2.24, 2.45) is 0 Å². The fourth-order valence-electron chi connectivity index (χ4n) is 7.64. The van der Waals surface area contributed by atoms with E-state index < -0.39 is 6.10 Å². The van der Waals surface area contributed by atoms with E-state index in [-0.39, 0.29) is 37.5 Å². The number of hydrogen-bond acceptors (Lipinski definition) is 6. The summed E-state index contributed by atoms with van der Waals surface area (Å²) in [7, 11) is 0. The van der Waals surface area contributed by atoms with Gasteiger partial charge in [-0.1, -0.05) is 248 Å². The zero-order valence-electron chi connectivity index (χ0n) is 42.7. The molecule has 6 heteroatoms. The van der Waals surface area contributed by atoms with E-state index in [4.69, 9.17) is 14.2 Å². The molecule has 0 radical (unpaired) electrons. The van der Waals surface area contributed by atoms with Crippen LogP contribution in [0.5, 0.6) is 0 Å². The standard InChI is InChI=1S/C59H102O6/c1-4-7-10-13-16-19-22-25-28-29-32-34-37-40-43-46-49-52-58(61)64-55-56(65-59(62)53-50-47-44-41-38-35-31-27-24-21-18-15-12-9-6-3)54-63-57(60)51-48-45-42-39-36-33-30-26-23-20-17-14-11-8-5-2/h9,12,15,18,21,24-25,28,32,34,40,43,56H,4-8,10-11,13-14,16-17,19-20,22-23,26-27,29-31,33,35-39,41-42,44-55H2,1-3H3/b12-9-,18-15-,24-21-,28-25-,34-32-,43-40-. The monoisotopic (exact) mass is 907 g/mol. The maximum Gasteiger partial charge on any atom is 0.306 e. The summed E-state index contributed by atoms with van der Waals surface area (Å²) in [6, 6.07) is 0. The van der Waals surface area contributed by atoms with Crippen LogP contribution in [0, 0.1) is 0 Å². The average Bonchev–Trinajstić information content (AvgIpc) is 3.30. The second-order valence-electron chi connectivity index (χ2n) is 18.2. The van der Waals surface area contributed by atoms with Crippen LogP contribution in [0.2, 0.25) is 0 Å². The van der Waals surface area contributed by atoms with Crippen molar-refractivity contribution < 1.29 is 28.6 Å². The third-order valence-corrected chi connectivity index (χ3v) is 11.8. The van der Waals surface area contributed by atoms with Gasteiger partial charge in [0.15, 0.2) is 6.10 Å². The smallest absolute Gasteiger partial charge is 0.306 e. The van der Waals surface area contributed by atoms with Gasteiger partial charge in [-0.15, -0.1) is 0 Å². The molecule has 6 nitrogen and oxygen atoms in total. The van der Waals surface area contributed by atoms with E-state index in [9.17, 15) is 14.4 Å². The SMILES string of the molecule is CC\C=C/C=C\C=C/CCCCCCCCCC(=O)OC(COC(=O)CCC/C=C\C/C=C\C/C=C\CCCCCCCC)COC(=O)CCCCCCCCCCCCCCCCC. The van der Waals surface area contributed by atoms with Gasteiger partial charge in [0.05, 0.1) is 0 Å². The zero-order chi connectivity index (χ0) is 47.2. The van der Waals surface area contributed by atoms with Gasteiger partial charge in [0.1, 0.15) is 13.2 Å². The second kappa shape index (κ2) is 53.5. The number of hydrogen-bond donors (Lipinski definition) is 0. The van der Waals surface area contributed by atoms with Crippen molar-refractivity contribution in [1.29, 1.82) is 0 Å². The Morgan fingerprint density at radius 2 is 0.677 bits per heavy atom. The molecule has 1 unspecified atom stereocenters. The number of esters is 3. The first-order valence-electron chi connectivity index (χ1n) is 27.5. The first-order chi connectivity index (χ1) is 32.0. The molecule has 0 bridgehead atoms. The molecule has 0 saturated heterocycles. The van der Waals surface area contributed by atoms with E-state index >= 15 is 0 Å². The Balaban J connectivity index is 4.46. The predicted octanol–water partition coefficient (Wildman–Crippen LogP) is 18.2. The highest BCUT2D eigenvalue weighted by Gasteiger charge is 2.19.